The molecule has 1 aromatic heterocycles. The normalized spacial score (nSPS) is 10.7. The molecule has 0 amide bonds. The van der Waals surface area contributed by atoms with Crippen molar-refractivity contribution in [3.8, 4) is 28.7 Å². The average molecular weight is 488 g/mol. The molecule has 0 atom stereocenters. The Labute approximate surface area is 210 Å². The molecule has 0 aliphatic rings. The number of rotatable bonds is 12. The molecule has 1 heterocycles. The van der Waals surface area contributed by atoms with Gasteiger partial charge in [0.25, 0.3) is 0 Å². The summed E-state index contributed by atoms with van der Waals surface area (Å²) in [6.45, 7) is 4.83. The first-order chi connectivity index (χ1) is 17.5. The molecule has 0 aliphatic heterocycles. The van der Waals surface area contributed by atoms with Crippen molar-refractivity contribution in [1.82, 2.24) is 4.98 Å². The van der Waals surface area contributed by atoms with Crippen molar-refractivity contribution in [3.63, 3.8) is 0 Å². The molecule has 0 bridgehead atoms. The van der Waals surface area contributed by atoms with Gasteiger partial charge in [-0.3, -0.25) is 4.79 Å². The van der Waals surface area contributed by atoms with Gasteiger partial charge in [0.1, 0.15) is 41.9 Å². The number of hydrogen-bond donors (Lipinski definition) is 1. The number of hydrogen-bond acceptors (Lipinski definition) is 6. The second-order valence-electron chi connectivity index (χ2n) is 8.17. The van der Waals surface area contributed by atoms with E-state index >= 15 is 0 Å². The predicted molar refractivity (Wildman–Crippen MR) is 135 cm³/mol. The Hall–Kier alpha value is -4.26. The van der Waals surface area contributed by atoms with E-state index in [1.165, 1.54) is 0 Å². The van der Waals surface area contributed by atoms with Crippen LogP contribution < -0.4 is 14.2 Å². The third-order valence-corrected chi connectivity index (χ3v) is 5.58. The molecule has 0 unspecified atom stereocenters. The summed E-state index contributed by atoms with van der Waals surface area (Å²) in [5.74, 6) is 2.43. The highest BCUT2D eigenvalue weighted by atomic mass is 16.5. The molecular weight excluding hydrogens is 458 g/mol. The number of aromatic nitrogens is 1. The molecule has 3 aromatic carbocycles. The first-order valence-corrected chi connectivity index (χ1v) is 11.9. The van der Waals surface area contributed by atoms with Gasteiger partial charge in [0.2, 0.25) is 5.89 Å². The maximum Gasteiger partial charge on any atom is 0.303 e. The molecule has 36 heavy (non-hydrogen) atoms. The zero-order valence-corrected chi connectivity index (χ0v) is 20.4. The predicted octanol–water partition coefficient (Wildman–Crippen LogP) is 6.22. The number of nitrogens with zero attached hydrogens (tertiary/aromatic N) is 1. The molecule has 1 N–H and O–H groups in total. The Morgan fingerprint density at radius 1 is 0.889 bits per heavy atom. The minimum absolute atomic E-state index is 0.0215. The van der Waals surface area contributed by atoms with E-state index in [4.69, 9.17) is 23.7 Å². The van der Waals surface area contributed by atoms with Gasteiger partial charge in [0, 0.05) is 17.5 Å². The Morgan fingerprint density at radius 3 is 2.42 bits per heavy atom. The van der Waals surface area contributed by atoms with Crippen molar-refractivity contribution in [2.24, 2.45) is 0 Å². The number of aliphatic carboxylic acids is 1. The van der Waals surface area contributed by atoms with Crippen LogP contribution in [0.2, 0.25) is 0 Å². The average Bonchev–Trinajstić information content (AvgIpc) is 3.27. The van der Waals surface area contributed by atoms with Crippen molar-refractivity contribution in [2.75, 3.05) is 6.61 Å². The fraction of sp³-hybridized carbons (Fsp3) is 0.241. The molecule has 4 aromatic rings. The number of benzene rings is 3. The summed E-state index contributed by atoms with van der Waals surface area (Å²) in [4.78, 5) is 15.6. The number of para-hydroxylation sites is 1. The molecule has 186 valence electrons. The van der Waals surface area contributed by atoms with Crippen molar-refractivity contribution in [3.05, 3.63) is 95.4 Å². The van der Waals surface area contributed by atoms with Crippen molar-refractivity contribution in [1.29, 1.82) is 0 Å². The van der Waals surface area contributed by atoms with Gasteiger partial charge < -0.3 is 23.7 Å². The Kier molecular flexibility index (Phi) is 8.24. The quantitative estimate of drug-likeness (QED) is 0.253. The second kappa shape index (κ2) is 11.9. The summed E-state index contributed by atoms with van der Waals surface area (Å²) >= 11 is 0. The Bertz CT molecular complexity index is 1300. The Morgan fingerprint density at radius 2 is 1.64 bits per heavy atom. The number of oxazole rings is 1. The molecular formula is C29H29NO6. The SMILES string of the molecule is CCOc1ccc(OCc2ccccc2OCc2nc(-c3ccccc3)oc2C)cc1CCC(=O)O. The van der Waals surface area contributed by atoms with Crippen molar-refractivity contribution < 1.29 is 28.5 Å². The largest absolute Gasteiger partial charge is 0.494 e. The van der Waals surface area contributed by atoms with Gasteiger partial charge in [0.15, 0.2) is 0 Å². The van der Waals surface area contributed by atoms with Crippen LogP contribution in [0.3, 0.4) is 0 Å². The summed E-state index contributed by atoms with van der Waals surface area (Å²) in [6.07, 6.45) is 0.386. The van der Waals surface area contributed by atoms with E-state index in [0.717, 1.165) is 22.4 Å². The number of ether oxygens (including phenoxy) is 3. The van der Waals surface area contributed by atoms with Crippen LogP contribution in [0, 0.1) is 6.92 Å². The van der Waals surface area contributed by atoms with Crippen LogP contribution in [0.5, 0.6) is 17.2 Å². The monoisotopic (exact) mass is 487 g/mol. The van der Waals surface area contributed by atoms with Gasteiger partial charge in [-0.15, -0.1) is 0 Å². The smallest absolute Gasteiger partial charge is 0.303 e. The van der Waals surface area contributed by atoms with Gasteiger partial charge in [-0.05, 0) is 62.2 Å². The van der Waals surface area contributed by atoms with E-state index in [9.17, 15) is 4.79 Å². The maximum absolute atomic E-state index is 11.0. The number of carbonyl (C=O) groups is 1. The number of carboxylic acids is 1. The molecule has 0 radical (unpaired) electrons. The number of carboxylic acid groups (broad SMARTS) is 1. The molecule has 7 heteroatoms. The lowest BCUT2D eigenvalue weighted by molar-refractivity contribution is -0.136. The summed E-state index contributed by atoms with van der Waals surface area (Å²) < 4.78 is 23.6. The molecule has 0 fully saturated rings. The fourth-order valence-electron chi connectivity index (χ4n) is 3.72. The van der Waals surface area contributed by atoms with Crippen LogP contribution >= 0.6 is 0 Å². The van der Waals surface area contributed by atoms with E-state index in [2.05, 4.69) is 4.98 Å². The lowest BCUT2D eigenvalue weighted by Crippen LogP contribution is -2.04. The zero-order chi connectivity index (χ0) is 25.3. The van der Waals surface area contributed by atoms with Crippen LogP contribution in [-0.2, 0) is 24.4 Å². The standard InChI is InChI=1S/C29H29NO6/c1-3-33-27-15-14-24(17-22(27)13-16-28(31)32)34-18-23-11-7-8-12-26(23)35-19-25-20(2)36-29(30-25)21-9-5-4-6-10-21/h4-12,14-15,17H,3,13,16,18-19H2,1-2H3,(H,31,32). The highest BCUT2D eigenvalue weighted by Crippen LogP contribution is 2.28. The molecule has 0 saturated carbocycles. The van der Waals surface area contributed by atoms with Crippen LogP contribution in [-0.4, -0.2) is 22.7 Å². The lowest BCUT2D eigenvalue weighted by Gasteiger charge is -2.14. The first kappa shape index (κ1) is 24.9. The van der Waals surface area contributed by atoms with E-state index in [1.54, 1.807) is 0 Å². The topological polar surface area (TPSA) is 91.0 Å². The molecule has 0 spiro atoms. The van der Waals surface area contributed by atoms with Gasteiger partial charge >= 0.3 is 5.97 Å². The van der Waals surface area contributed by atoms with Gasteiger partial charge in [0.05, 0.1) is 6.61 Å². The summed E-state index contributed by atoms with van der Waals surface area (Å²) in [5, 5.41) is 9.06. The molecule has 0 aliphatic carbocycles. The lowest BCUT2D eigenvalue weighted by atomic mass is 10.1. The Balaban J connectivity index is 1.43. The minimum atomic E-state index is -0.854. The van der Waals surface area contributed by atoms with Crippen LogP contribution in [0.15, 0.2) is 77.2 Å². The summed E-state index contributed by atoms with van der Waals surface area (Å²) in [6, 6.07) is 22.9. The highest BCUT2D eigenvalue weighted by Gasteiger charge is 2.14. The van der Waals surface area contributed by atoms with Crippen LogP contribution in [0.4, 0.5) is 0 Å². The second-order valence-corrected chi connectivity index (χ2v) is 8.17. The summed E-state index contributed by atoms with van der Waals surface area (Å²) in [7, 11) is 0. The minimum Gasteiger partial charge on any atom is -0.494 e. The molecule has 0 saturated heterocycles. The van der Waals surface area contributed by atoms with Crippen LogP contribution in [0.25, 0.3) is 11.5 Å². The first-order valence-electron chi connectivity index (χ1n) is 11.9. The fourth-order valence-corrected chi connectivity index (χ4v) is 3.72. The third-order valence-electron chi connectivity index (χ3n) is 5.58. The number of aryl methyl sites for hydroxylation is 2. The van der Waals surface area contributed by atoms with Crippen molar-refractivity contribution in [2.45, 2.75) is 39.9 Å². The zero-order valence-electron chi connectivity index (χ0n) is 20.4. The van der Waals surface area contributed by atoms with Crippen molar-refractivity contribution >= 4 is 5.97 Å². The highest BCUT2D eigenvalue weighted by molar-refractivity contribution is 5.67. The third kappa shape index (κ3) is 6.44. The van der Waals surface area contributed by atoms with E-state index in [1.807, 2.05) is 86.6 Å². The van der Waals surface area contributed by atoms with Gasteiger partial charge in [-0.1, -0.05) is 36.4 Å². The van der Waals surface area contributed by atoms with Gasteiger partial charge in [-0.2, -0.15) is 0 Å². The van der Waals surface area contributed by atoms with E-state index in [-0.39, 0.29) is 19.6 Å². The van der Waals surface area contributed by atoms with Gasteiger partial charge in [-0.25, -0.2) is 4.98 Å². The summed E-state index contributed by atoms with van der Waals surface area (Å²) in [5.41, 5.74) is 3.33. The molecule has 7 nitrogen and oxygen atoms in total. The molecule has 4 rings (SSSR count). The van der Waals surface area contributed by atoms with E-state index < -0.39 is 5.97 Å². The maximum atomic E-state index is 11.0. The van der Waals surface area contributed by atoms with Crippen LogP contribution in [0.1, 0.15) is 35.9 Å². The van der Waals surface area contributed by atoms with E-state index in [0.29, 0.717) is 41.9 Å².